The van der Waals surface area contributed by atoms with Crippen molar-refractivity contribution in [1.29, 1.82) is 0 Å². The average molecular weight is 428 g/mol. The molecule has 0 spiro atoms. The molecule has 1 aliphatic rings. The van der Waals surface area contributed by atoms with E-state index in [1.807, 2.05) is 24.3 Å². The molecule has 2 aromatic carbocycles. The van der Waals surface area contributed by atoms with Gasteiger partial charge in [0.05, 0.1) is 6.61 Å². The molecular formula is C25H34FN3O2. The number of carbonyl (C=O) groups excluding carboxylic acids is 1. The van der Waals surface area contributed by atoms with Gasteiger partial charge in [0.15, 0.2) is 0 Å². The van der Waals surface area contributed by atoms with E-state index < -0.39 is 0 Å². The van der Waals surface area contributed by atoms with Gasteiger partial charge in [-0.3, -0.25) is 5.01 Å². The predicted octanol–water partition coefficient (Wildman–Crippen LogP) is 5.58. The Morgan fingerprint density at radius 1 is 1.13 bits per heavy atom. The number of amides is 2. The van der Waals surface area contributed by atoms with Crippen LogP contribution in [0.25, 0.3) is 0 Å². The predicted molar refractivity (Wildman–Crippen MR) is 123 cm³/mol. The van der Waals surface area contributed by atoms with Crippen molar-refractivity contribution < 1.29 is 13.9 Å². The highest BCUT2D eigenvalue weighted by Crippen LogP contribution is 2.21. The van der Waals surface area contributed by atoms with Gasteiger partial charge in [-0.15, -0.1) is 0 Å². The molecule has 3 rings (SSSR count). The van der Waals surface area contributed by atoms with Crippen LogP contribution in [-0.4, -0.2) is 42.3 Å². The molecule has 0 aliphatic carbocycles. The third kappa shape index (κ3) is 7.24. The maximum absolute atomic E-state index is 13.2. The van der Waals surface area contributed by atoms with Crippen LogP contribution in [0.4, 0.5) is 14.9 Å². The Morgan fingerprint density at radius 3 is 2.39 bits per heavy atom. The molecular weight excluding hydrogens is 393 g/mol. The second kappa shape index (κ2) is 11.1. The fourth-order valence-electron chi connectivity index (χ4n) is 3.58. The fourth-order valence-corrected chi connectivity index (χ4v) is 3.58. The van der Waals surface area contributed by atoms with Gasteiger partial charge in [-0.25, -0.2) is 14.2 Å². The topological polar surface area (TPSA) is 44.8 Å². The number of benzene rings is 2. The molecule has 1 aliphatic heterocycles. The Bertz CT molecular complexity index is 816. The molecule has 1 N–H and O–H groups in total. The lowest BCUT2D eigenvalue weighted by molar-refractivity contribution is -0.00574. The third-order valence-corrected chi connectivity index (χ3v) is 5.55. The first-order valence-corrected chi connectivity index (χ1v) is 11.2. The number of carbonyl (C=O) groups is 1. The van der Waals surface area contributed by atoms with Crippen LogP contribution in [0, 0.1) is 17.7 Å². The van der Waals surface area contributed by atoms with Crippen LogP contribution < -0.4 is 10.1 Å². The second-order valence-corrected chi connectivity index (χ2v) is 8.80. The van der Waals surface area contributed by atoms with Crippen molar-refractivity contribution in [1.82, 2.24) is 10.0 Å². The first-order valence-electron chi connectivity index (χ1n) is 11.2. The molecule has 31 heavy (non-hydrogen) atoms. The zero-order valence-corrected chi connectivity index (χ0v) is 18.8. The van der Waals surface area contributed by atoms with Gasteiger partial charge in [-0.1, -0.05) is 32.9 Å². The van der Waals surface area contributed by atoms with E-state index in [0.29, 0.717) is 31.4 Å². The molecule has 6 heteroatoms. The smallest absolute Gasteiger partial charge is 0.336 e. The van der Waals surface area contributed by atoms with Crippen molar-refractivity contribution in [2.45, 2.75) is 40.0 Å². The molecule has 2 amide bonds. The largest absolute Gasteiger partial charge is 0.493 e. The molecule has 0 saturated carbocycles. The Balaban J connectivity index is 1.64. The highest BCUT2D eigenvalue weighted by atomic mass is 19.1. The minimum absolute atomic E-state index is 0.146. The van der Waals surface area contributed by atoms with Crippen LogP contribution in [0.5, 0.6) is 5.75 Å². The highest BCUT2D eigenvalue weighted by Gasteiger charge is 2.25. The molecule has 0 bridgehead atoms. The summed E-state index contributed by atoms with van der Waals surface area (Å²) in [5.41, 5.74) is 1.75. The first-order chi connectivity index (χ1) is 14.9. The van der Waals surface area contributed by atoms with Crippen molar-refractivity contribution in [3.63, 3.8) is 0 Å². The van der Waals surface area contributed by atoms with Gasteiger partial charge in [0.2, 0.25) is 0 Å². The quantitative estimate of drug-likeness (QED) is 0.598. The van der Waals surface area contributed by atoms with Crippen molar-refractivity contribution in [3.8, 4) is 5.75 Å². The van der Waals surface area contributed by atoms with Gasteiger partial charge in [0.1, 0.15) is 11.6 Å². The summed E-state index contributed by atoms with van der Waals surface area (Å²) in [4.78, 5) is 13.2. The maximum atomic E-state index is 13.2. The van der Waals surface area contributed by atoms with E-state index in [2.05, 4.69) is 31.1 Å². The molecule has 0 radical (unpaired) electrons. The number of rotatable bonds is 8. The monoisotopic (exact) mass is 427 g/mol. The van der Waals surface area contributed by atoms with E-state index in [9.17, 15) is 9.18 Å². The summed E-state index contributed by atoms with van der Waals surface area (Å²) in [6.07, 6.45) is 2.81. The molecule has 0 unspecified atom stereocenters. The van der Waals surface area contributed by atoms with E-state index in [1.54, 1.807) is 17.1 Å². The van der Waals surface area contributed by atoms with Crippen molar-refractivity contribution in [3.05, 3.63) is 59.9 Å². The highest BCUT2D eigenvalue weighted by molar-refractivity contribution is 5.89. The lowest BCUT2D eigenvalue weighted by Gasteiger charge is -2.39. The third-order valence-electron chi connectivity index (χ3n) is 5.55. The Hall–Kier alpha value is -2.60. The fraction of sp³-hybridized carbons (Fsp3) is 0.480. The summed E-state index contributed by atoms with van der Waals surface area (Å²) >= 11 is 0. The number of urea groups is 1. The van der Waals surface area contributed by atoms with Crippen LogP contribution in [-0.2, 0) is 6.42 Å². The number of hydrogen-bond donors (Lipinski definition) is 1. The van der Waals surface area contributed by atoms with E-state index in [4.69, 9.17) is 4.74 Å². The van der Waals surface area contributed by atoms with Gasteiger partial charge >= 0.3 is 6.03 Å². The number of nitrogens with one attached hydrogen (secondary N) is 1. The zero-order chi connectivity index (χ0) is 22.2. The van der Waals surface area contributed by atoms with E-state index in [0.717, 1.165) is 42.9 Å². The van der Waals surface area contributed by atoms with E-state index in [1.165, 1.54) is 12.1 Å². The first kappa shape index (κ1) is 23.1. The number of hydrogen-bond acceptors (Lipinski definition) is 3. The minimum atomic E-state index is -0.246. The molecule has 5 nitrogen and oxygen atoms in total. The minimum Gasteiger partial charge on any atom is -0.493 e. The number of ether oxygens (including phenoxy) is 1. The Labute approximate surface area is 185 Å². The van der Waals surface area contributed by atoms with Crippen LogP contribution >= 0.6 is 0 Å². The SMILES string of the molecule is CC(C)COc1ccc(NC(=O)N(CCc2ccc(F)cc2)N2CCC(C)CC2)cc1. The van der Waals surface area contributed by atoms with E-state index >= 15 is 0 Å². The van der Waals surface area contributed by atoms with Crippen molar-refractivity contribution in [2.75, 3.05) is 31.6 Å². The lowest BCUT2D eigenvalue weighted by atomic mass is 10.0. The molecule has 1 heterocycles. The summed E-state index contributed by atoms with van der Waals surface area (Å²) in [5, 5.41) is 6.96. The van der Waals surface area contributed by atoms with Gasteiger partial charge in [0.25, 0.3) is 0 Å². The number of nitrogens with zero attached hydrogens (tertiary/aromatic N) is 2. The maximum Gasteiger partial charge on any atom is 0.336 e. The molecule has 0 atom stereocenters. The van der Waals surface area contributed by atoms with Crippen molar-refractivity contribution in [2.24, 2.45) is 11.8 Å². The summed E-state index contributed by atoms with van der Waals surface area (Å²) in [6, 6.07) is 13.8. The number of piperidine rings is 1. The summed E-state index contributed by atoms with van der Waals surface area (Å²) in [7, 11) is 0. The number of hydrazine groups is 1. The summed E-state index contributed by atoms with van der Waals surface area (Å²) in [5.74, 6) is 1.69. The van der Waals surface area contributed by atoms with Gasteiger partial charge in [-0.2, -0.15) is 0 Å². The summed E-state index contributed by atoms with van der Waals surface area (Å²) in [6.45, 7) is 9.40. The molecule has 2 aromatic rings. The van der Waals surface area contributed by atoms with Crippen LogP contribution in [0.1, 0.15) is 39.2 Å². The van der Waals surface area contributed by atoms with Gasteiger partial charge in [0, 0.05) is 25.3 Å². The number of halogens is 1. The number of anilines is 1. The van der Waals surface area contributed by atoms with Crippen molar-refractivity contribution >= 4 is 11.7 Å². The molecule has 1 fully saturated rings. The molecule has 0 aromatic heterocycles. The molecule has 168 valence electrons. The van der Waals surface area contributed by atoms with E-state index in [-0.39, 0.29) is 11.8 Å². The van der Waals surface area contributed by atoms with Gasteiger partial charge < -0.3 is 10.1 Å². The lowest BCUT2D eigenvalue weighted by Crippen LogP contribution is -2.52. The van der Waals surface area contributed by atoms with Crippen LogP contribution in [0.15, 0.2) is 48.5 Å². The van der Waals surface area contributed by atoms with Gasteiger partial charge in [-0.05, 0) is 73.1 Å². The standard InChI is InChI=1S/C25H34FN3O2/c1-19(2)18-31-24-10-8-23(9-11-24)27-25(30)29(28-15-12-20(3)13-16-28)17-14-21-4-6-22(26)7-5-21/h4-11,19-20H,12-18H2,1-3H3,(H,27,30). The Morgan fingerprint density at radius 2 is 1.77 bits per heavy atom. The molecule has 1 saturated heterocycles. The Kier molecular flexibility index (Phi) is 8.29. The zero-order valence-electron chi connectivity index (χ0n) is 18.8. The van der Waals surface area contributed by atoms with Crippen LogP contribution in [0.3, 0.4) is 0 Å². The van der Waals surface area contributed by atoms with Crippen LogP contribution in [0.2, 0.25) is 0 Å². The average Bonchev–Trinajstić information content (AvgIpc) is 2.76. The normalized spacial score (nSPS) is 15.1. The summed E-state index contributed by atoms with van der Waals surface area (Å²) < 4.78 is 18.9. The second-order valence-electron chi connectivity index (χ2n) is 8.80.